The summed E-state index contributed by atoms with van der Waals surface area (Å²) in [6, 6.07) is 11.2. The number of carbonyl (C=O) groups is 4. The molecule has 3 N–H and O–H groups in total. The van der Waals surface area contributed by atoms with Gasteiger partial charge in [-0.05, 0) is 118 Å². The standard InChI is InChI=1S/C21H32FNO5.C18H27NO5/c1-19(2,3)27-17(24)16(23-18(25)28-20(4,5)6)13-14-9-11-15(12-10-14)26-21(7,8)22;1-17(2,3)23-15(21)14(19-16(22)24-18(4,5)6)11-12-7-9-13(20)10-8-12/h9-12,16H,13H2,1-8H3,(H,23,25);7-10,14,20H,11H2,1-6H3,(H,19,22)/t16-;14-/m11/s1/i22-1;. The van der Waals surface area contributed by atoms with Gasteiger partial charge in [0, 0.05) is 26.7 Å². The summed E-state index contributed by atoms with van der Waals surface area (Å²) in [4.78, 5) is 49.1. The van der Waals surface area contributed by atoms with Crippen molar-refractivity contribution in [2.24, 2.45) is 0 Å². The molecule has 13 heteroatoms. The van der Waals surface area contributed by atoms with Gasteiger partial charge in [-0.2, -0.15) is 4.39 Å². The number of aromatic hydroxyl groups is 1. The van der Waals surface area contributed by atoms with E-state index in [-0.39, 0.29) is 18.6 Å². The lowest BCUT2D eigenvalue weighted by Crippen LogP contribution is -2.47. The Morgan fingerprint density at radius 3 is 1.15 bits per heavy atom. The maximum absolute atomic E-state index is 13.6. The fourth-order valence-electron chi connectivity index (χ4n) is 4.11. The van der Waals surface area contributed by atoms with Crippen LogP contribution >= 0.6 is 0 Å². The molecule has 0 radical (unpaired) electrons. The van der Waals surface area contributed by atoms with Crippen molar-refractivity contribution in [1.82, 2.24) is 10.6 Å². The van der Waals surface area contributed by atoms with Gasteiger partial charge in [-0.1, -0.05) is 24.3 Å². The number of halogens is 1. The quantitative estimate of drug-likeness (QED) is 0.163. The van der Waals surface area contributed by atoms with Crippen LogP contribution in [-0.4, -0.2) is 69.6 Å². The topological polar surface area (TPSA) is 159 Å². The summed E-state index contributed by atoms with van der Waals surface area (Å²) >= 11 is 0. The van der Waals surface area contributed by atoms with Crippen LogP contribution in [0, 0.1) is 0 Å². The van der Waals surface area contributed by atoms with Crippen molar-refractivity contribution in [2.45, 2.75) is 150 Å². The lowest BCUT2D eigenvalue weighted by atomic mass is 10.1. The highest BCUT2D eigenvalue weighted by molar-refractivity contribution is 5.82. The molecule has 2 atom stereocenters. The number of carbonyl (C=O) groups excluding carboxylic acids is 4. The van der Waals surface area contributed by atoms with E-state index < -0.39 is 64.5 Å². The monoisotopic (exact) mass is 733 g/mol. The average Bonchev–Trinajstić information content (AvgIpc) is 2.90. The SMILES string of the molecule is CC(C)(C)OC(=O)N[C@H](Cc1ccc(O)cc1)C(=O)OC(C)(C)C.CC(C)(C)OC(=O)N[C@H](Cc1ccc(OC(C)(C)[18F])cc1)C(=O)OC(C)(C)C. The number of phenols is 1. The first-order valence-electron chi connectivity index (χ1n) is 17.1. The number of hydrogen-bond acceptors (Lipinski definition) is 10. The molecule has 0 aromatic heterocycles. The molecule has 0 aliphatic rings. The van der Waals surface area contributed by atoms with Gasteiger partial charge in [-0.3, -0.25) is 0 Å². The van der Waals surface area contributed by atoms with Crippen molar-refractivity contribution < 1.29 is 52.4 Å². The third kappa shape index (κ3) is 21.6. The number of nitrogens with one attached hydrogen (secondary N) is 2. The van der Waals surface area contributed by atoms with Crippen LogP contribution in [0.25, 0.3) is 0 Å². The van der Waals surface area contributed by atoms with E-state index in [0.29, 0.717) is 5.75 Å². The molecule has 292 valence electrons. The molecule has 0 aliphatic carbocycles. The molecule has 0 saturated carbocycles. The lowest BCUT2D eigenvalue weighted by molar-refractivity contribution is -0.158. The van der Waals surface area contributed by atoms with Gasteiger partial charge in [0.05, 0.1) is 0 Å². The van der Waals surface area contributed by atoms with Gasteiger partial charge in [0.15, 0.2) is 0 Å². The van der Waals surface area contributed by atoms with Gasteiger partial charge >= 0.3 is 24.1 Å². The molecule has 52 heavy (non-hydrogen) atoms. The maximum Gasteiger partial charge on any atom is 0.408 e. The molecule has 0 unspecified atom stereocenters. The minimum absolute atomic E-state index is 0.132. The summed E-state index contributed by atoms with van der Waals surface area (Å²) in [7, 11) is 0. The van der Waals surface area contributed by atoms with Crippen LogP contribution in [0.15, 0.2) is 48.5 Å². The molecular formula is C39H59FN2O10. The van der Waals surface area contributed by atoms with Crippen LogP contribution in [0.4, 0.5) is 14.0 Å². The zero-order valence-corrected chi connectivity index (χ0v) is 33.2. The van der Waals surface area contributed by atoms with E-state index in [1.54, 1.807) is 119 Å². The summed E-state index contributed by atoms with van der Waals surface area (Å²) in [6.45, 7) is 23.6. The normalized spacial score (nSPS) is 13.3. The Morgan fingerprint density at radius 2 is 0.865 bits per heavy atom. The number of ether oxygens (including phenoxy) is 5. The van der Waals surface area contributed by atoms with Crippen LogP contribution in [0.2, 0.25) is 0 Å². The molecule has 2 rings (SSSR count). The van der Waals surface area contributed by atoms with Gasteiger partial charge in [-0.15, -0.1) is 0 Å². The molecule has 0 bridgehead atoms. The van der Waals surface area contributed by atoms with Crippen molar-refractivity contribution in [1.29, 1.82) is 0 Å². The van der Waals surface area contributed by atoms with E-state index in [9.17, 15) is 28.7 Å². The van der Waals surface area contributed by atoms with Gasteiger partial charge < -0.3 is 39.4 Å². The van der Waals surface area contributed by atoms with Crippen molar-refractivity contribution >= 4 is 24.1 Å². The Kier molecular flexibility index (Phi) is 16.0. The smallest absolute Gasteiger partial charge is 0.408 e. The molecule has 12 nitrogen and oxygen atoms in total. The zero-order valence-electron chi connectivity index (χ0n) is 33.2. The Morgan fingerprint density at radius 1 is 0.558 bits per heavy atom. The number of alkyl halides is 1. The average molecular weight is 734 g/mol. The first-order valence-corrected chi connectivity index (χ1v) is 17.1. The van der Waals surface area contributed by atoms with Crippen LogP contribution < -0.4 is 15.4 Å². The van der Waals surface area contributed by atoms with Gasteiger partial charge in [-0.25, -0.2) is 19.2 Å². The number of hydrogen-bond donors (Lipinski definition) is 3. The molecule has 2 amide bonds. The number of benzene rings is 2. The Balaban J connectivity index is 0.000000526. The van der Waals surface area contributed by atoms with E-state index in [4.69, 9.17) is 23.7 Å². The van der Waals surface area contributed by atoms with Crippen LogP contribution in [0.1, 0.15) is 108 Å². The third-order valence-corrected chi connectivity index (χ3v) is 5.86. The van der Waals surface area contributed by atoms with Gasteiger partial charge in [0.25, 0.3) is 0 Å². The lowest BCUT2D eigenvalue weighted by Gasteiger charge is -2.26. The summed E-state index contributed by atoms with van der Waals surface area (Å²) < 4.78 is 40.0. The van der Waals surface area contributed by atoms with E-state index in [1.165, 1.54) is 26.0 Å². The van der Waals surface area contributed by atoms with Crippen LogP contribution in [-0.2, 0) is 41.4 Å². The molecule has 2 aromatic carbocycles. The van der Waals surface area contributed by atoms with E-state index >= 15 is 0 Å². The fourth-order valence-corrected chi connectivity index (χ4v) is 4.11. The highest BCUT2D eigenvalue weighted by atomic mass is 18.2. The predicted molar refractivity (Wildman–Crippen MR) is 196 cm³/mol. The highest BCUT2D eigenvalue weighted by Gasteiger charge is 2.30. The molecule has 0 heterocycles. The van der Waals surface area contributed by atoms with E-state index in [0.717, 1.165) is 11.1 Å². The molecular weight excluding hydrogens is 674 g/mol. The molecule has 0 spiro atoms. The maximum atomic E-state index is 13.6. The fraction of sp³-hybridized carbons (Fsp3) is 0.590. The number of amides is 2. The van der Waals surface area contributed by atoms with E-state index in [1.807, 2.05) is 0 Å². The Labute approximate surface area is 308 Å². The van der Waals surface area contributed by atoms with Gasteiger partial charge in [0.1, 0.15) is 46.0 Å². The minimum Gasteiger partial charge on any atom is -0.508 e. The summed E-state index contributed by atoms with van der Waals surface area (Å²) in [5, 5.41) is 14.5. The van der Waals surface area contributed by atoms with Crippen molar-refractivity contribution in [3.05, 3.63) is 59.7 Å². The van der Waals surface area contributed by atoms with Crippen molar-refractivity contribution in [3.63, 3.8) is 0 Å². The Bertz CT molecular complexity index is 1460. The second-order valence-corrected chi connectivity index (χ2v) is 16.6. The summed E-state index contributed by atoms with van der Waals surface area (Å²) in [5.74, 6) is -2.40. The van der Waals surface area contributed by atoms with E-state index in [2.05, 4.69) is 10.6 Å². The second-order valence-electron chi connectivity index (χ2n) is 16.6. The molecule has 0 aliphatic heterocycles. The van der Waals surface area contributed by atoms with Crippen LogP contribution in [0.5, 0.6) is 11.5 Å². The van der Waals surface area contributed by atoms with Crippen molar-refractivity contribution in [3.8, 4) is 11.5 Å². The zero-order chi connectivity index (χ0) is 40.3. The molecule has 0 saturated heterocycles. The number of rotatable bonds is 10. The predicted octanol–water partition coefficient (Wildman–Crippen LogP) is 7.72. The number of alkyl carbamates (subject to hydrolysis) is 2. The second kappa shape index (κ2) is 18.3. The summed E-state index contributed by atoms with van der Waals surface area (Å²) in [6.07, 6.45) is -0.971. The highest BCUT2D eigenvalue weighted by Crippen LogP contribution is 2.21. The molecule has 0 fully saturated rings. The third-order valence-electron chi connectivity index (χ3n) is 5.86. The number of esters is 2. The first-order chi connectivity index (χ1) is 23.4. The summed E-state index contributed by atoms with van der Waals surface area (Å²) in [5.41, 5.74) is -1.20. The first kappa shape index (κ1) is 45.5. The van der Waals surface area contributed by atoms with Crippen LogP contribution in [0.3, 0.4) is 0 Å². The van der Waals surface area contributed by atoms with Gasteiger partial charge in [0.2, 0.25) is 5.85 Å². The van der Waals surface area contributed by atoms with Crippen molar-refractivity contribution in [2.75, 3.05) is 0 Å². The number of phenolic OH excluding ortho intramolecular Hbond substituents is 1. The molecule has 2 aromatic rings. The largest absolute Gasteiger partial charge is 0.508 e. The Hall–Kier alpha value is -4.55. The minimum atomic E-state index is -1.79.